The maximum absolute atomic E-state index is 10.2. The normalized spacial score (nSPS) is 52.8. The van der Waals surface area contributed by atoms with Crippen LogP contribution in [0.3, 0.4) is 0 Å². The van der Waals surface area contributed by atoms with Gasteiger partial charge in [-0.25, -0.2) is 0 Å². The Hall–Kier alpha value is -0.0500. The molecule has 0 bridgehead atoms. The van der Waals surface area contributed by atoms with E-state index in [-0.39, 0.29) is 16.9 Å². The van der Waals surface area contributed by atoms with E-state index in [1.807, 2.05) is 0 Å². The minimum absolute atomic E-state index is 0.0514. The Morgan fingerprint density at radius 3 is 2.57 bits per heavy atom. The van der Waals surface area contributed by atoms with Crippen LogP contribution in [0.25, 0.3) is 0 Å². The predicted octanol–water partition coefficient (Wildman–Crippen LogP) is 4.28. The van der Waals surface area contributed by atoms with Crippen molar-refractivity contribution in [2.75, 3.05) is 6.61 Å². The zero-order chi connectivity index (χ0) is 16.4. The maximum atomic E-state index is 10.2. The Balaban J connectivity index is 1.67. The second kappa shape index (κ2) is 5.47. The molecule has 4 aliphatic carbocycles. The quantitative estimate of drug-likeness (QED) is 0.553. The third-order valence-electron chi connectivity index (χ3n) is 8.26. The average molecular weight is 339 g/mol. The van der Waals surface area contributed by atoms with Gasteiger partial charge in [0.1, 0.15) is 0 Å². The summed E-state index contributed by atoms with van der Waals surface area (Å²) in [6, 6.07) is 0. The summed E-state index contributed by atoms with van der Waals surface area (Å²) >= 11 is 6.65. The molecule has 0 unspecified atom stereocenters. The molecule has 23 heavy (non-hydrogen) atoms. The number of rotatable bonds is 1. The molecule has 0 radical (unpaired) electrons. The van der Waals surface area contributed by atoms with Crippen molar-refractivity contribution in [3.8, 4) is 0 Å². The van der Waals surface area contributed by atoms with Crippen molar-refractivity contribution in [3.05, 3.63) is 11.1 Å². The van der Waals surface area contributed by atoms with E-state index in [9.17, 15) is 10.2 Å². The molecular formula is C20H31ClO2. The minimum atomic E-state index is -0.311. The maximum Gasteiger partial charge on any atom is 0.0706 e. The van der Waals surface area contributed by atoms with Gasteiger partial charge in [-0.05, 0) is 74.5 Å². The van der Waals surface area contributed by atoms with Gasteiger partial charge in [0.05, 0.1) is 18.1 Å². The first-order chi connectivity index (χ1) is 10.9. The fraction of sp³-hybridized carbons (Fsp3) is 0.900. The highest BCUT2D eigenvalue weighted by atomic mass is 35.5. The summed E-state index contributed by atoms with van der Waals surface area (Å²) < 4.78 is 0. The largest absolute Gasteiger partial charge is 0.395 e. The lowest BCUT2D eigenvalue weighted by atomic mass is 9.48. The molecule has 2 saturated carbocycles. The van der Waals surface area contributed by atoms with E-state index in [1.54, 1.807) is 11.1 Å². The molecule has 4 aliphatic rings. The van der Waals surface area contributed by atoms with Crippen molar-refractivity contribution in [2.45, 2.75) is 76.7 Å². The van der Waals surface area contributed by atoms with Crippen molar-refractivity contribution in [1.82, 2.24) is 0 Å². The second-order valence-corrected chi connectivity index (χ2v) is 9.72. The van der Waals surface area contributed by atoms with E-state index >= 15 is 0 Å². The first-order valence-corrected chi connectivity index (χ1v) is 10.00. The van der Waals surface area contributed by atoms with Gasteiger partial charge in [-0.15, -0.1) is 11.6 Å². The predicted molar refractivity (Wildman–Crippen MR) is 93.4 cm³/mol. The van der Waals surface area contributed by atoms with Gasteiger partial charge in [-0.1, -0.05) is 25.0 Å². The number of alkyl halides is 1. The van der Waals surface area contributed by atoms with Crippen molar-refractivity contribution in [1.29, 1.82) is 0 Å². The number of allylic oxidation sites excluding steroid dienone is 1. The smallest absolute Gasteiger partial charge is 0.0706 e. The van der Waals surface area contributed by atoms with Crippen LogP contribution >= 0.6 is 11.6 Å². The third-order valence-corrected chi connectivity index (χ3v) is 8.86. The highest BCUT2D eigenvalue weighted by Gasteiger charge is 2.56. The van der Waals surface area contributed by atoms with Crippen LogP contribution in [0.5, 0.6) is 0 Å². The van der Waals surface area contributed by atoms with Gasteiger partial charge in [0.15, 0.2) is 0 Å². The van der Waals surface area contributed by atoms with Gasteiger partial charge >= 0.3 is 0 Å². The highest BCUT2D eigenvalue weighted by molar-refractivity contribution is 6.21. The molecule has 0 spiro atoms. The molecule has 0 heterocycles. The number of hydrogen-bond acceptors (Lipinski definition) is 2. The molecular weight excluding hydrogens is 308 g/mol. The van der Waals surface area contributed by atoms with E-state index in [1.165, 1.54) is 25.7 Å². The number of fused-ring (bicyclic) bond motifs is 4. The van der Waals surface area contributed by atoms with E-state index < -0.39 is 0 Å². The van der Waals surface area contributed by atoms with Crippen LogP contribution in [0.2, 0.25) is 0 Å². The van der Waals surface area contributed by atoms with Gasteiger partial charge in [0, 0.05) is 5.41 Å². The highest BCUT2D eigenvalue weighted by Crippen LogP contribution is 2.64. The lowest BCUT2D eigenvalue weighted by Gasteiger charge is -2.58. The van der Waals surface area contributed by atoms with Gasteiger partial charge in [-0.2, -0.15) is 0 Å². The molecule has 0 aromatic rings. The number of aliphatic hydroxyl groups excluding tert-OH is 2. The molecule has 0 aromatic heterocycles. The summed E-state index contributed by atoms with van der Waals surface area (Å²) in [5.41, 5.74) is 3.65. The molecule has 2 fully saturated rings. The Labute approximate surface area is 145 Å². The van der Waals surface area contributed by atoms with Crippen LogP contribution in [0, 0.1) is 28.6 Å². The molecule has 3 heteroatoms. The Morgan fingerprint density at radius 1 is 1.04 bits per heavy atom. The summed E-state index contributed by atoms with van der Waals surface area (Å²) in [6.07, 6.45) is 8.84. The summed E-state index contributed by atoms with van der Waals surface area (Å²) in [7, 11) is 0. The summed E-state index contributed by atoms with van der Waals surface area (Å²) in [6.45, 7) is 5.02. The lowest BCUT2D eigenvalue weighted by molar-refractivity contribution is -0.0663. The van der Waals surface area contributed by atoms with E-state index in [4.69, 9.17) is 11.6 Å². The SMILES string of the molecule is C[C@]1(CO)CCC2=C1CC[C@H]1[C@H]2CC[C@H]2[C@@H](Cl)[C@H](O)CC[C@@]21C. The fourth-order valence-corrected chi connectivity index (χ4v) is 7.34. The molecule has 2 nitrogen and oxygen atoms in total. The molecule has 2 N–H and O–H groups in total. The first-order valence-electron chi connectivity index (χ1n) is 9.56. The van der Waals surface area contributed by atoms with Crippen LogP contribution in [0.15, 0.2) is 11.1 Å². The minimum Gasteiger partial charge on any atom is -0.395 e. The zero-order valence-electron chi connectivity index (χ0n) is 14.5. The Bertz CT molecular complexity index is 530. The zero-order valence-corrected chi connectivity index (χ0v) is 15.3. The number of hydrogen-bond donors (Lipinski definition) is 2. The number of aliphatic hydroxyl groups is 2. The topological polar surface area (TPSA) is 40.5 Å². The van der Waals surface area contributed by atoms with Crippen LogP contribution in [0.1, 0.15) is 65.2 Å². The molecule has 0 amide bonds. The monoisotopic (exact) mass is 338 g/mol. The van der Waals surface area contributed by atoms with E-state index in [2.05, 4.69) is 13.8 Å². The van der Waals surface area contributed by atoms with Crippen molar-refractivity contribution in [3.63, 3.8) is 0 Å². The van der Waals surface area contributed by atoms with Crippen LogP contribution < -0.4 is 0 Å². The third kappa shape index (κ3) is 2.20. The van der Waals surface area contributed by atoms with E-state index in [0.29, 0.717) is 23.9 Å². The molecule has 4 rings (SSSR count). The summed E-state index contributed by atoms with van der Waals surface area (Å²) in [4.78, 5) is 0. The average Bonchev–Trinajstić information content (AvgIpc) is 2.90. The van der Waals surface area contributed by atoms with Crippen LogP contribution in [-0.2, 0) is 0 Å². The van der Waals surface area contributed by atoms with Crippen LogP contribution in [-0.4, -0.2) is 28.3 Å². The van der Waals surface area contributed by atoms with Crippen molar-refractivity contribution in [2.24, 2.45) is 28.6 Å². The molecule has 0 aromatic carbocycles. The molecule has 0 aliphatic heterocycles. The summed E-state index contributed by atoms with van der Waals surface area (Å²) in [5, 5.41) is 20.0. The Morgan fingerprint density at radius 2 is 1.83 bits per heavy atom. The molecule has 0 saturated heterocycles. The van der Waals surface area contributed by atoms with Crippen LogP contribution in [0.4, 0.5) is 0 Å². The van der Waals surface area contributed by atoms with Gasteiger partial charge in [0.25, 0.3) is 0 Å². The van der Waals surface area contributed by atoms with Gasteiger partial charge in [-0.3, -0.25) is 0 Å². The molecule has 7 atom stereocenters. The van der Waals surface area contributed by atoms with Crippen molar-refractivity contribution < 1.29 is 10.2 Å². The fourth-order valence-electron chi connectivity index (χ4n) is 6.80. The van der Waals surface area contributed by atoms with Gasteiger partial charge < -0.3 is 10.2 Å². The van der Waals surface area contributed by atoms with E-state index in [0.717, 1.165) is 31.6 Å². The standard InChI is InChI=1S/C20H31ClO2/c1-19(11-22)9-7-13-12-3-4-16-18(21)17(23)8-10-20(16,2)15(12)6-5-14(13)19/h12,15-18,22-23H,3-11H2,1-2H3/t12-,15-,16-,17+,18+,19+,20+/m0/s1. The lowest BCUT2D eigenvalue weighted by Crippen LogP contribution is -2.54. The Kier molecular flexibility index (Phi) is 3.91. The number of halogens is 1. The molecule has 130 valence electrons. The first kappa shape index (κ1) is 16.4. The van der Waals surface area contributed by atoms with Gasteiger partial charge in [0.2, 0.25) is 0 Å². The summed E-state index contributed by atoms with van der Waals surface area (Å²) in [5.74, 6) is 1.92. The second-order valence-electron chi connectivity index (χ2n) is 9.21. The van der Waals surface area contributed by atoms with Crippen molar-refractivity contribution >= 4 is 11.6 Å².